The maximum atomic E-state index is 12.8. The van der Waals surface area contributed by atoms with Crippen molar-refractivity contribution in [2.24, 2.45) is 5.10 Å². The first kappa shape index (κ1) is 23.9. The largest absolute Gasteiger partial charge is 0.444 e. The number of fused-ring (bicyclic) bond motifs is 1. The number of benzene rings is 3. The Labute approximate surface area is 193 Å². The Kier molecular flexibility index (Phi) is 8.16. The fourth-order valence-corrected chi connectivity index (χ4v) is 3.11. The molecule has 0 heterocycles. The standard InChI is InChI=1S/C26H29N3O4/c1-26(2,3)33-25(31)28-23(18-32-17-19-10-5-4-6-11-19)24(30)29-27-16-21-14-9-13-20-12-7-8-15-22(20)21/h4-16,23H,17-18H2,1-3H3,(H,28,31)(H,29,30)/b27-16-/t23-/m0/s1. The monoisotopic (exact) mass is 447 g/mol. The normalized spacial score (nSPS) is 12.5. The number of amides is 2. The molecule has 7 nitrogen and oxygen atoms in total. The quantitative estimate of drug-likeness (QED) is 0.396. The van der Waals surface area contributed by atoms with Gasteiger partial charge in [0.1, 0.15) is 11.6 Å². The first-order chi connectivity index (χ1) is 15.8. The molecule has 3 rings (SSSR count). The van der Waals surface area contributed by atoms with Crippen LogP contribution in [-0.4, -0.2) is 36.5 Å². The molecule has 33 heavy (non-hydrogen) atoms. The zero-order chi connectivity index (χ0) is 23.7. The summed E-state index contributed by atoms with van der Waals surface area (Å²) in [6, 6.07) is 22.4. The van der Waals surface area contributed by atoms with E-state index in [1.54, 1.807) is 27.0 Å². The maximum Gasteiger partial charge on any atom is 0.408 e. The molecule has 0 saturated carbocycles. The van der Waals surface area contributed by atoms with Crippen molar-refractivity contribution in [3.63, 3.8) is 0 Å². The second-order valence-corrected chi connectivity index (χ2v) is 8.50. The van der Waals surface area contributed by atoms with Gasteiger partial charge in [-0.1, -0.05) is 72.8 Å². The molecule has 3 aromatic rings. The van der Waals surface area contributed by atoms with Gasteiger partial charge in [0.15, 0.2) is 0 Å². The van der Waals surface area contributed by atoms with Crippen molar-refractivity contribution in [3.05, 3.63) is 83.9 Å². The van der Waals surface area contributed by atoms with E-state index in [9.17, 15) is 9.59 Å². The number of nitrogens with one attached hydrogen (secondary N) is 2. The van der Waals surface area contributed by atoms with Gasteiger partial charge in [0.2, 0.25) is 0 Å². The van der Waals surface area contributed by atoms with Gasteiger partial charge in [-0.05, 0) is 37.1 Å². The summed E-state index contributed by atoms with van der Waals surface area (Å²) in [6.07, 6.45) is 0.874. The number of ether oxygens (including phenoxy) is 2. The van der Waals surface area contributed by atoms with Gasteiger partial charge in [-0.2, -0.15) is 5.10 Å². The molecule has 0 aliphatic rings. The van der Waals surface area contributed by atoms with Crippen LogP contribution in [0.1, 0.15) is 31.9 Å². The summed E-state index contributed by atoms with van der Waals surface area (Å²) < 4.78 is 11.0. The van der Waals surface area contributed by atoms with Crippen molar-refractivity contribution in [2.45, 2.75) is 39.0 Å². The summed E-state index contributed by atoms with van der Waals surface area (Å²) in [4.78, 5) is 25.0. The fourth-order valence-electron chi connectivity index (χ4n) is 3.11. The van der Waals surface area contributed by atoms with E-state index in [4.69, 9.17) is 9.47 Å². The van der Waals surface area contributed by atoms with E-state index in [2.05, 4.69) is 15.8 Å². The zero-order valence-corrected chi connectivity index (χ0v) is 19.1. The average molecular weight is 448 g/mol. The first-order valence-electron chi connectivity index (χ1n) is 10.7. The van der Waals surface area contributed by atoms with E-state index in [1.807, 2.05) is 72.8 Å². The molecule has 1 atom stereocenters. The Balaban J connectivity index is 1.65. The van der Waals surface area contributed by atoms with Crippen LogP contribution in [0.25, 0.3) is 10.8 Å². The van der Waals surface area contributed by atoms with Crippen LogP contribution in [0.3, 0.4) is 0 Å². The summed E-state index contributed by atoms with van der Waals surface area (Å²) in [5.41, 5.74) is 3.63. The lowest BCUT2D eigenvalue weighted by Crippen LogP contribution is -2.49. The Morgan fingerprint density at radius 2 is 1.67 bits per heavy atom. The summed E-state index contributed by atoms with van der Waals surface area (Å²) in [7, 11) is 0. The van der Waals surface area contributed by atoms with Gasteiger partial charge < -0.3 is 14.8 Å². The van der Waals surface area contributed by atoms with E-state index < -0.39 is 23.6 Å². The third kappa shape index (κ3) is 7.73. The lowest BCUT2D eigenvalue weighted by atomic mass is 10.1. The highest BCUT2D eigenvalue weighted by atomic mass is 16.6. The number of nitrogens with zero attached hydrogens (tertiary/aromatic N) is 1. The summed E-state index contributed by atoms with van der Waals surface area (Å²) in [5, 5.41) is 8.75. The Hall–Kier alpha value is -3.71. The van der Waals surface area contributed by atoms with E-state index in [1.165, 1.54) is 0 Å². The van der Waals surface area contributed by atoms with E-state index in [-0.39, 0.29) is 6.61 Å². The molecule has 0 unspecified atom stereocenters. The molecular formula is C26H29N3O4. The van der Waals surface area contributed by atoms with E-state index >= 15 is 0 Å². The van der Waals surface area contributed by atoms with E-state index in [0.29, 0.717) is 6.61 Å². The van der Waals surface area contributed by atoms with Gasteiger partial charge in [-0.15, -0.1) is 0 Å². The molecule has 0 fully saturated rings. The number of hydrogen-bond donors (Lipinski definition) is 2. The molecule has 7 heteroatoms. The van der Waals surface area contributed by atoms with E-state index in [0.717, 1.165) is 21.9 Å². The van der Waals surface area contributed by atoms with Crippen LogP contribution in [-0.2, 0) is 20.9 Å². The molecule has 172 valence electrons. The van der Waals surface area contributed by atoms with Gasteiger partial charge in [0, 0.05) is 5.56 Å². The molecule has 0 saturated heterocycles. The minimum absolute atomic E-state index is 0.0379. The van der Waals surface area contributed by atoms with Crippen LogP contribution in [0.2, 0.25) is 0 Å². The summed E-state index contributed by atoms with van der Waals surface area (Å²) in [5.74, 6) is -0.509. The minimum Gasteiger partial charge on any atom is -0.444 e. The topological polar surface area (TPSA) is 89.0 Å². The van der Waals surface area contributed by atoms with Gasteiger partial charge in [0.05, 0.1) is 19.4 Å². The molecule has 2 N–H and O–H groups in total. The van der Waals surface area contributed by atoms with Crippen molar-refractivity contribution in [1.29, 1.82) is 0 Å². The first-order valence-corrected chi connectivity index (χ1v) is 10.7. The van der Waals surface area contributed by atoms with Crippen molar-refractivity contribution < 1.29 is 19.1 Å². The molecule has 0 radical (unpaired) electrons. The summed E-state index contributed by atoms with van der Waals surface area (Å²) in [6.45, 7) is 5.52. The zero-order valence-electron chi connectivity index (χ0n) is 19.1. The van der Waals surface area contributed by atoms with Crippen LogP contribution in [0.5, 0.6) is 0 Å². The molecule has 3 aromatic carbocycles. The van der Waals surface area contributed by atoms with Crippen molar-refractivity contribution in [1.82, 2.24) is 10.7 Å². The second kappa shape index (κ2) is 11.2. The van der Waals surface area contributed by atoms with Gasteiger partial charge in [0.25, 0.3) is 5.91 Å². The molecule has 0 aliphatic heterocycles. The van der Waals surface area contributed by atoms with Gasteiger partial charge in [-0.3, -0.25) is 4.79 Å². The number of carbonyl (C=O) groups is 2. The maximum absolute atomic E-state index is 12.8. The predicted octanol–water partition coefficient (Wildman–Crippen LogP) is 4.40. The lowest BCUT2D eigenvalue weighted by Gasteiger charge is -2.22. The number of carbonyl (C=O) groups excluding carboxylic acids is 2. The Bertz CT molecular complexity index is 1100. The van der Waals surface area contributed by atoms with Crippen LogP contribution >= 0.6 is 0 Å². The predicted molar refractivity (Wildman–Crippen MR) is 129 cm³/mol. The fraction of sp³-hybridized carbons (Fsp3) is 0.269. The van der Waals surface area contributed by atoms with Crippen LogP contribution in [0.15, 0.2) is 77.9 Å². The Morgan fingerprint density at radius 3 is 2.42 bits per heavy atom. The highest BCUT2D eigenvalue weighted by molar-refractivity contribution is 6.00. The number of alkyl carbamates (subject to hydrolysis) is 1. The van der Waals surface area contributed by atoms with Crippen LogP contribution in [0, 0.1) is 0 Å². The third-order valence-corrected chi connectivity index (χ3v) is 4.61. The molecule has 0 bridgehead atoms. The average Bonchev–Trinajstić information content (AvgIpc) is 2.78. The van der Waals surface area contributed by atoms with Gasteiger partial charge >= 0.3 is 6.09 Å². The number of hydrazone groups is 1. The highest BCUT2D eigenvalue weighted by Gasteiger charge is 2.24. The number of hydrogen-bond acceptors (Lipinski definition) is 5. The molecular weight excluding hydrogens is 418 g/mol. The smallest absolute Gasteiger partial charge is 0.408 e. The second-order valence-electron chi connectivity index (χ2n) is 8.50. The molecule has 0 aromatic heterocycles. The molecule has 0 spiro atoms. The summed E-state index contributed by atoms with van der Waals surface area (Å²) >= 11 is 0. The SMILES string of the molecule is CC(C)(C)OC(=O)N[C@@H](COCc1ccccc1)C(=O)N/N=C\c1cccc2ccccc12. The Morgan fingerprint density at radius 1 is 0.970 bits per heavy atom. The van der Waals surface area contributed by atoms with Crippen molar-refractivity contribution in [2.75, 3.05) is 6.61 Å². The third-order valence-electron chi connectivity index (χ3n) is 4.61. The van der Waals surface area contributed by atoms with Crippen LogP contribution < -0.4 is 10.7 Å². The van der Waals surface area contributed by atoms with Crippen molar-refractivity contribution >= 4 is 29.0 Å². The lowest BCUT2D eigenvalue weighted by molar-refractivity contribution is -0.124. The molecule has 2 amide bonds. The minimum atomic E-state index is -0.978. The van der Waals surface area contributed by atoms with Gasteiger partial charge in [-0.25, -0.2) is 10.2 Å². The number of rotatable bonds is 8. The van der Waals surface area contributed by atoms with Crippen LogP contribution in [0.4, 0.5) is 4.79 Å². The molecule has 0 aliphatic carbocycles. The van der Waals surface area contributed by atoms with Crippen molar-refractivity contribution in [3.8, 4) is 0 Å². The highest BCUT2D eigenvalue weighted by Crippen LogP contribution is 2.16.